The zero-order valence-electron chi connectivity index (χ0n) is 13.6. The summed E-state index contributed by atoms with van der Waals surface area (Å²) < 4.78 is 10.3. The van der Waals surface area contributed by atoms with E-state index in [2.05, 4.69) is 24.1 Å². The molecule has 1 N–H and O–H groups in total. The van der Waals surface area contributed by atoms with E-state index in [0.717, 1.165) is 25.8 Å². The summed E-state index contributed by atoms with van der Waals surface area (Å²) in [7, 11) is 5.22. The summed E-state index contributed by atoms with van der Waals surface area (Å²) in [6.07, 6.45) is 3.19. The Kier molecular flexibility index (Phi) is 6.92. The molecular weight excluding hydrogens is 256 g/mol. The number of hydrogen-bond donors (Lipinski definition) is 1. The molecule has 1 aliphatic rings. The van der Waals surface area contributed by atoms with Gasteiger partial charge in [0, 0.05) is 19.7 Å². The predicted octanol–water partition coefficient (Wildman–Crippen LogP) is 1.27. The molecule has 1 saturated carbocycles. The van der Waals surface area contributed by atoms with Gasteiger partial charge in [0.25, 0.3) is 0 Å². The van der Waals surface area contributed by atoms with Crippen molar-refractivity contribution in [3.63, 3.8) is 0 Å². The molecule has 20 heavy (non-hydrogen) atoms. The molecular formula is C15H30N2O3. The number of carbonyl (C=O) groups excluding carboxylic acids is 1. The van der Waals surface area contributed by atoms with E-state index in [-0.39, 0.29) is 12.0 Å². The highest BCUT2D eigenvalue weighted by Crippen LogP contribution is 2.41. The second-order valence-electron chi connectivity index (χ2n) is 5.88. The van der Waals surface area contributed by atoms with Crippen molar-refractivity contribution in [3.05, 3.63) is 0 Å². The Morgan fingerprint density at radius 3 is 2.55 bits per heavy atom. The molecule has 0 aliphatic heterocycles. The van der Waals surface area contributed by atoms with Crippen LogP contribution in [0.3, 0.4) is 0 Å². The van der Waals surface area contributed by atoms with Crippen molar-refractivity contribution in [2.24, 2.45) is 5.92 Å². The van der Waals surface area contributed by atoms with Gasteiger partial charge in [0.05, 0.1) is 13.7 Å². The van der Waals surface area contributed by atoms with Gasteiger partial charge in [-0.2, -0.15) is 0 Å². The van der Waals surface area contributed by atoms with Gasteiger partial charge in [-0.1, -0.05) is 6.92 Å². The Labute approximate surface area is 123 Å². The van der Waals surface area contributed by atoms with Crippen molar-refractivity contribution < 1.29 is 14.3 Å². The molecule has 0 amide bonds. The first-order chi connectivity index (χ1) is 9.51. The van der Waals surface area contributed by atoms with Gasteiger partial charge in [-0.25, -0.2) is 4.79 Å². The Bertz CT molecular complexity index is 307. The zero-order chi connectivity index (χ0) is 15.2. The standard InChI is InChI=1S/C15H30N2O3/c1-6-9-16-15(13-7-8-13,14(18)20-5)11-17(3)12(2)10-19-4/h12-13,16H,6-11H2,1-5H3. The highest BCUT2D eigenvalue weighted by molar-refractivity contribution is 5.82. The maximum atomic E-state index is 12.4. The highest BCUT2D eigenvalue weighted by atomic mass is 16.5. The number of nitrogens with zero attached hydrogens (tertiary/aromatic N) is 1. The van der Waals surface area contributed by atoms with Gasteiger partial charge in [0.15, 0.2) is 0 Å². The summed E-state index contributed by atoms with van der Waals surface area (Å²) in [5.41, 5.74) is -0.568. The minimum atomic E-state index is -0.568. The van der Waals surface area contributed by atoms with Crippen LogP contribution in [0.1, 0.15) is 33.1 Å². The molecule has 0 aromatic heterocycles. The van der Waals surface area contributed by atoms with Crippen LogP contribution in [0.25, 0.3) is 0 Å². The Morgan fingerprint density at radius 1 is 1.45 bits per heavy atom. The summed E-state index contributed by atoms with van der Waals surface area (Å²) in [5.74, 6) is 0.253. The van der Waals surface area contributed by atoms with Crippen LogP contribution < -0.4 is 5.32 Å². The number of nitrogens with one attached hydrogen (secondary N) is 1. The number of methoxy groups -OCH3 is 2. The molecule has 0 saturated heterocycles. The molecule has 0 aromatic carbocycles. The van der Waals surface area contributed by atoms with E-state index < -0.39 is 5.54 Å². The Hall–Kier alpha value is -0.650. The first-order valence-electron chi connectivity index (χ1n) is 7.54. The fourth-order valence-corrected chi connectivity index (χ4v) is 2.66. The minimum absolute atomic E-state index is 0.134. The van der Waals surface area contributed by atoms with Crippen molar-refractivity contribution in [1.82, 2.24) is 10.2 Å². The molecule has 0 spiro atoms. The highest BCUT2D eigenvalue weighted by Gasteiger charge is 2.52. The molecule has 0 heterocycles. The first-order valence-corrected chi connectivity index (χ1v) is 7.54. The van der Waals surface area contributed by atoms with Crippen LogP contribution in [0, 0.1) is 5.92 Å². The van der Waals surface area contributed by atoms with E-state index in [1.54, 1.807) is 7.11 Å². The smallest absolute Gasteiger partial charge is 0.327 e. The van der Waals surface area contributed by atoms with Gasteiger partial charge in [-0.15, -0.1) is 0 Å². The van der Waals surface area contributed by atoms with E-state index in [4.69, 9.17) is 9.47 Å². The minimum Gasteiger partial charge on any atom is -0.468 e. The quantitative estimate of drug-likeness (QED) is 0.613. The molecule has 118 valence electrons. The largest absolute Gasteiger partial charge is 0.468 e. The van der Waals surface area contributed by atoms with E-state index in [1.807, 2.05) is 7.05 Å². The van der Waals surface area contributed by atoms with Gasteiger partial charge in [-0.05, 0) is 45.7 Å². The number of rotatable bonds is 10. The lowest BCUT2D eigenvalue weighted by Crippen LogP contribution is -2.62. The molecule has 1 rings (SSSR count). The average molecular weight is 286 g/mol. The third kappa shape index (κ3) is 4.17. The molecule has 2 unspecified atom stereocenters. The SMILES string of the molecule is CCCNC(CN(C)C(C)COC)(C(=O)OC)C1CC1. The molecule has 5 heteroatoms. The zero-order valence-corrected chi connectivity index (χ0v) is 13.6. The number of hydrogen-bond acceptors (Lipinski definition) is 5. The lowest BCUT2D eigenvalue weighted by atomic mass is 9.91. The maximum Gasteiger partial charge on any atom is 0.327 e. The first kappa shape index (κ1) is 17.4. The van der Waals surface area contributed by atoms with Crippen LogP contribution in [0.5, 0.6) is 0 Å². The van der Waals surface area contributed by atoms with Crippen LogP contribution in [-0.4, -0.2) is 63.4 Å². The number of likely N-dealkylation sites (N-methyl/N-ethyl adjacent to an activating group) is 1. The number of esters is 1. The lowest BCUT2D eigenvalue weighted by Gasteiger charge is -2.38. The van der Waals surface area contributed by atoms with E-state index in [9.17, 15) is 4.79 Å². The van der Waals surface area contributed by atoms with Crippen LogP contribution in [0.2, 0.25) is 0 Å². The average Bonchev–Trinajstić information content (AvgIpc) is 3.27. The van der Waals surface area contributed by atoms with Crippen LogP contribution in [0.4, 0.5) is 0 Å². The summed E-state index contributed by atoms with van der Waals surface area (Å²) in [4.78, 5) is 14.6. The van der Waals surface area contributed by atoms with E-state index >= 15 is 0 Å². The summed E-state index contributed by atoms with van der Waals surface area (Å²) >= 11 is 0. The van der Waals surface area contributed by atoms with Crippen molar-refractivity contribution in [3.8, 4) is 0 Å². The van der Waals surface area contributed by atoms with E-state index in [0.29, 0.717) is 19.1 Å². The predicted molar refractivity (Wildman–Crippen MR) is 79.7 cm³/mol. The van der Waals surface area contributed by atoms with Gasteiger partial charge in [0.1, 0.15) is 5.54 Å². The maximum absolute atomic E-state index is 12.4. The van der Waals surface area contributed by atoms with Crippen molar-refractivity contribution in [2.45, 2.75) is 44.7 Å². The molecule has 0 radical (unpaired) electrons. The van der Waals surface area contributed by atoms with Gasteiger partial charge in [-0.3, -0.25) is 4.90 Å². The molecule has 1 aliphatic carbocycles. The lowest BCUT2D eigenvalue weighted by molar-refractivity contribution is -0.151. The fraction of sp³-hybridized carbons (Fsp3) is 0.933. The van der Waals surface area contributed by atoms with Crippen LogP contribution >= 0.6 is 0 Å². The Balaban J connectivity index is 2.82. The molecule has 0 aromatic rings. The molecule has 5 nitrogen and oxygen atoms in total. The van der Waals surface area contributed by atoms with Gasteiger partial charge < -0.3 is 14.8 Å². The molecule has 1 fully saturated rings. The van der Waals surface area contributed by atoms with Crippen molar-refractivity contribution >= 4 is 5.97 Å². The third-order valence-corrected chi connectivity index (χ3v) is 4.17. The van der Waals surface area contributed by atoms with E-state index in [1.165, 1.54) is 7.11 Å². The molecule has 0 bridgehead atoms. The fourth-order valence-electron chi connectivity index (χ4n) is 2.66. The van der Waals surface area contributed by atoms with Crippen LogP contribution in [-0.2, 0) is 14.3 Å². The van der Waals surface area contributed by atoms with Crippen molar-refractivity contribution in [1.29, 1.82) is 0 Å². The molecule has 2 atom stereocenters. The number of carbonyl (C=O) groups is 1. The second kappa shape index (κ2) is 7.96. The Morgan fingerprint density at radius 2 is 2.10 bits per heavy atom. The normalized spacial score (nSPS) is 19.7. The van der Waals surface area contributed by atoms with Crippen LogP contribution in [0.15, 0.2) is 0 Å². The summed E-state index contributed by atoms with van der Waals surface area (Å²) in [6.45, 7) is 6.37. The monoisotopic (exact) mass is 286 g/mol. The third-order valence-electron chi connectivity index (χ3n) is 4.17. The number of ether oxygens (including phenoxy) is 2. The second-order valence-corrected chi connectivity index (χ2v) is 5.88. The van der Waals surface area contributed by atoms with Gasteiger partial charge in [0.2, 0.25) is 0 Å². The van der Waals surface area contributed by atoms with Crippen molar-refractivity contribution in [2.75, 3.05) is 41.0 Å². The topological polar surface area (TPSA) is 50.8 Å². The summed E-state index contributed by atoms with van der Waals surface area (Å²) in [5, 5.41) is 3.47. The van der Waals surface area contributed by atoms with Gasteiger partial charge >= 0.3 is 5.97 Å². The summed E-state index contributed by atoms with van der Waals surface area (Å²) in [6, 6.07) is 0.270.